The number of nitrogens with zero attached hydrogens (tertiary/aromatic N) is 2. The Morgan fingerprint density at radius 3 is 2.86 bits per heavy atom. The van der Waals surface area contributed by atoms with Crippen LogP contribution in [-0.2, 0) is 0 Å². The van der Waals surface area contributed by atoms with Gasteiger partial charge in [-0.3, -0.25) is 10.1 Å². The van der Waals surface area contributed by atoms with Crippen LogP contribution in [0.5, 0.6) is 0 Å². The zero-order chi connectivity index (χ0) is 10.6. The Balaban J connectivity index is 3.14. The van der Waals surface area contributed by atoms with Gasteiger partial charge >= 0.3 is 0 Å². The Morgan fingerprint density at radius 1 is 1.57 bits per heavy atom. The Hall–Kier alpha value is -1.86. The maximum Gasteiger partial charge on any atom is 0.288 e. The summed E-state index contributed by atoms with van der Waals surface area (Å²) in [5, 5.41) is 18.8. The van der Waals surface area contributed by atoms with Crippen molar-refractivity contribution in [2.24, 2.45) is 0 Å². The molecule has 14 heavy (non-hydrogen) atoms. The van der Waals surface area contributed by atoms with Gasteiger partial charge in [0.2, 0.25) is 0 Å². The van der Waals surface area contributed by atoms with Crippen molar-refractivity contribution >= 4 is 23.4 Å². The van der Waals surface area contributed by atoms with Crippen molar-refractivity contribution in [3.8, 4) is 6.07 Å². The standard InChI is InChI=1S/C9H5ClN2O2/c10-8-4-3-7(2-1-5-11)6-9(8)12(13)14/h1-4,6H. The highest BCUT2D eigenvalue weighted by atomic mass is 35.5. The molecular formula is C9H5ClN2O2. The van der Waals surface area contributed by atoms with Crippen LogP contribution in [0.3, 0.4) is 0 Å². The quantitative estimate of drug-likeness (QED) is 0.426. The third-order valence-electron chi connectivity index (χ3n) is 1.52. The molecule has 1 aromatic rings. The molecule has 0 spiro atoms. The van der Waals surface area contributed by atoms with Crippen LogP contribution in [0.15, 0.2) is 24.3 Å². The molecule has 4 nitrogen and oxygen atoms in total. The smallest absolute Gasteiger partial charge is 0.258 e. The van der Waals surface area contributed by atoms with Gasteiger partial charge in [-0.15, -0.1) is 0 Å². The molecule has 0 aliphatic carbocycles. The molecule has 0 radical (unpaired) electrons. The van der Waals surface area contributed by atoms with E-state index in [-0.39, 0.29) is 10.7 Å². The van der Waals surface area contributed by atoms with Crippen LogP contribution < -0.4 is 0 Å². The molecule has 0 fully saturated rings. The number of hydrogen-bond donors (Lipinski definition) is 0. The number of rotatable bonds is 2. The molecule has 0 atom stereocenters. The Labute approximate surface area is 85.2 Å². The maximum absolute atomic E-state index is 10.5. The number of benzene rings is 1. The summed E-state index contributed by atoms with van der Waals surface area (Å²) in [5.41, 5.74) is 0.411. The van der Waals surface area contributed by atoms with Crippen LogP contribution in [0.25, 0.3) is 6.08 Å². The van der Waals surface area contributed by atoms with Gasteiger partial charge < -0.3 is 0 Å². The van der Waals surface area contributed by atoms with E-state index >= 15 is 0 Å². The van der Waals surface area contributed by atoms with E-state index in [9.17, 15) is 10.1 Å². The molecule has 0 aliphatic heterocycles. The summed E-state index contributed by atoms with van der Waals surface area (Å²) >= 11 is 5.59. The topological polar surface area (TPSA) is 66.9 Å². The first kappa shape index (κ1) is 10.2. The summed E-state index contributed by atoms with van der Waals surface area (Å²) < 4.78 is 0. The Bertz CT molecular complexity index is 435. The molecule has 0 bridgehead atoms. The summed E-state index contributed by atoms with van der Waals surface area (Å²) in [7, 11) is 0. The molecule has 5 heteroatoms. The van der Waals surface area contributed by atoms with E-state index in [1.807, 2.05) is 0 Å². The lowest BCUT2D eigenvalue weighted by molar-refractivity contribution is -0.384. The second-order valence-electron chi connectivity index (χ2n) is 2.43. The first-order valence-corrected chi connectivity index (χ1v) is 4.03. The Kier molecular flexibility index (Phi) is 3.21. The van der Waals surface area contributed by atoms with Crippen molar-refractivity contribution < 1.29 is 4.92 Å². The van der Waals surface area contributed by atoms with Crippen molar-refractivity contribution in [1.29, 1.82) is 5.26 Å². The SMILES string of the molecule is N#CC=Cc1ccc(Cl)c([N+](=O)[O-])c1. The van der Waals surface area contributed by atoms with Crippen LogP contribution in [0.4, 0.5) is 5.69 Å². The molecule has 0 heterocycles. The van der Waals surface area contributed by atoms with Gasteiger partial charge in [-0.2, -0.15) is 5.26 Å². The molecule has 1 rings (SSSR count). The number of halogens is 1. The fourth-order valence-electron chi connectivity index (χ4n) is 0.907. The highest BCUT2D eigenvalue weighted by Gasteiger charge is 2.11. The van der Waals surface area contributed by atoms with E-state index in [4.69, 9.17) is 16.9 Å². The summed E-state index contributed by atoms with van der Waals surface area (Å²) in [6.07, 6.45) is 2.72. The van der Waals surface area contributed by atoms with Gasteiger partial charge in [0.1, 0.15) is 5.02 Å². The normalized spacial score (nSPS) is 10.0. The van der Waals surface area contributed by atoms with Crippen LogP contribution in [0.1, 0.15) is 5.56 Å². The van der Waals surface area contributed by atoms with Crippen LogP contribution in [0, 0.1) is 21.4 Å². The van der Waals surface area contributed by atoms with Gasteiger partial charge in [0, 0.05) is 12.1 Å². The van der Waals surface area contributed by atoms with Gasteiger partial charge in [-0.05, 0) is 17.7 Å². The van der Waals surface area contributed by atoms with E-state index in [2.05, 4.69) is 0 Å². The zero-order valence-corrected chi connectivity index (χ0v) is 7.73. The number of nitro benzene ring substituents is 1. The van der Waals surface area contributed by atoms with E-state index in [1.54, 1.807) is 12.1 Å². The zero-order valence-electron chi connectivity index (χ0n) is 6.98. The minimum atomic E-state index is -0.563. The average Bonchev–Trinajstić information content (AvgIpc) is 2.16. The van der Waals surface area contributed by atoms with Crippen molar-refractivity contribution in [2.45, 2.75) is 0 Å². The largest absolute Gasteiger partial charge is 0.288 e. The number of nitriles is 1. The van der Waals surface area contributed by atoms with Gasteiger partial charge in [0.05, 0.1) is 11.0 Å². The fourth-order valence-corrected chi connectivity index (χ4v) is 1.09. The third kappa shape index (κ3) is 2.31. The highest BCUT2D eigenvalue weighted by Crippen LogP contribution is 2.25. The molecule has 0 aliphatic rings. The minimum Gasteiger partial charge on any atom is -0.258 e. The summed E-state index contributed by atoms with van der Waals surface area (Å²) in [6, 6.07) is 6.14. The lowest BCUT2D eigenvalue weighted by atomic mass is 10.2. The predicted octanol–water partition coefficient (Wildman–Crippen LogP) is 2.78. The van der Waals surface area contributed by atoms with Crippen LogP contribution >= 0.6 is 11.6 Å². The van der Waals surface area contributed by atoms with Crippen molar-refractivity contribution in [3.05, 3.63) is 45.0 Å². The number of hydrogen-bond acceptors (Lipinski definition) is 3. The van der Waals surface area contributed by atoms with Crippen LogP contribution in [0.2, 0.25) is 5.02 Å². The molecule has 0 saturated heterocycles. The lowest BCUT2D eigenvalue weighted by Crippen LogP contribution is -1.89. The molecule has 0 aromatic heterocycles. The average molecular weight is 209 g/mol. The highest BCUT2D eigenvalue weighted by molar-refractivity contribution is 6.32. The van der Waals surface area contributed by atoms with Crippen molar-refractivity contribution in [2.75, 3.05) is 0 Å². The fraction of sp³-hybridized carbons (Fsp3) is 0. The van der Waals surface area contributed by atoms with Crippen LogP contribution in [-0.4, -0.2) is 4.92 Å². The molecule has 0 saturated carbocycles. The van der Waals surface area contributed by atoms with E-state index in [0.29, 0.717) is 5.56 Å². The van der Waals surface area contributed by atoms with Gasteiger partial charge in [0.15, 0.2) is 0 Å². The van der Waals surface area contributed by atoms with Gasteiger partial charge in [0.25, 0.3) is 5.69 Å². The maximum atomic E-state index is 10.5. The van der Waals surface area contributed by atoms with E-state index < -0.39 is 4.92 Å². The molecule has 70 valence electrons. The molecular weight excluding hydrogens is 204 g/mol. The van der Waals surface area contributed by atoms with Gasteiger partial charge in [-0.25, -0.2) is 0 Å². The summed E-state index contributed by atoms with van der Waals surface area (Å²) in [5.74, 6) is 0. The van der Waals surface area contributed by atoms with E-state index in [0.717, 1.165) is 0 Å². The predicted molar refractivity (Wildman–Crippen MR) is 52.8 cm³/mol. The number of nitro groups is 1. The molecule has 0 N–H and O–H groups in total. The van der Waals surface area contributed by atoms with Gasteiger partial charge in [-0.1, -0.05) is 17.7 Å². The molecule has 0 amide bonds. The Morgan fingerprint density at radius 2 is 2.29 bits per heavy atom. The summed E-state index contributed by atoms with van der Waals surface area (Å²) in [4.78, 5) is 9.92. The van der Waals surface area contributed by atoms with E-state index in [1.165, 1.54) is 24.3 Å². The number of allylic oxidation sites excluding steroid dienone is 1. The first-order chi connectivity index (χ1) is 6.65. The third-order valence-corrected chi connectivity index (χ3v) is 1.84. The summed E-state index contributed by atoms with van der Waals surface area (Å²) in [6.45, 7) is 0. The molecule has 1 aromatic carbocycles. The monoisotopic (exact) mass is 208 g/mol. The first-order valence-electron chi connectivity index (χ1n) is 3.65. The second kappa shape index (κ2) is 4.40. The minimum absolute atomic E-state index is 0.0871. The second-order valence-corrected chi connectivity index (χ2v) is 2.84. The molecule has 0 unspecified atom stereocenters. The lowest BCUT2D eigenvalue weighted by Gasteiger charge is -1.96. The van der Waals surface area contributed by atoms with Crippen molar-refractivity contribution in [3.63, 3.8) is 0 Å². The van der Waals surface area contributed by atoms with Crippen molar-refractivity contribution in [1.82, 2.24) is 0 Å².